The van der Waals surface area contributed by atoms with Crippen molar-refractivity contribution in [2.75, 3.05) is 26.8 Å². The van der Waals surface area contributed by atoms with E-state index in [1.807, 2.05) is 47.4 Å². The van der Waals surface area contributed by atoms with Gasteiger partial charge in [0.05, 0.1) is 38.3 Å². The minimum Gasteiger partial charge on any atom is -0.496 e. The average molecular weight is 336 g/mol. The highest BCUT2D eigenvalue weighted by atomic mass is 16.5. The first-order chi connectivity index (χ1) is 12.2. The van der Waals surface area contributed by atoms with Crippen LogP contribution in [0.5, 0.6) is 5.75 Å². The molecule has 5 heteroatoms. The Kier molecular flexibility index (Phi) is 5.32. The zero-order valence-electron chi connectivity index (χ0n) is 14.1. The summed E-state index contributed by atoms with van der Waals surface area (Å²) < 4.78 is 11.1. The molecule has 1 amide bonds. The first kappa shape index (κ1) is 17.0. The van der Waals surface area contributed by atoms with E-state index in [9.17, 15) is 4.79 Å². The lowest BCUT2D eigenvalue weighted by Gasteiger charge is -2.33. The van der Waals surface area contributed by atoms with Gasteiger partial charge in [-0.05, 0) is 23.8 Å². The maximum Gasteiger partial charge on any atom is 0.227 e. The van der Waals surface area contributed by atoms with Crippen molar-refractivity contribution >= 4 is 5.91 Å². The van der Waals surface area contributed by atoms with E-state index in [1.54, 1.807) is 13.2 Å². The number of benzene rings is 2. The highest BCUT2D eigenvalue weighted by Crippen LogP contribution is 2.24. The summed E-state index contributed by atoms with van der Waals surface area (Å²) in [6.45, 7) is 1.55. The minimum absolute atomic E-state index is 0.0502. The Bertz CT molecular complexity index is 798. The monoisotopic (exact) mass is 336 g/mol. The maximum atomic E-state index is 12.7. The first-order valence-corrected chi connectivity index (χ1v) is 8.22. The lowest BCUT2D eigenvalue weighted by Crippen LogP contribution is -2.43. The number of hydrogen-bond donors (Lipinski definition) is 0. The predicted molar refractivity (Wildman–Crippen MR) is 93.1 cm³/mol. The molecule has 1 fully saturated rings. The molecule has 0 aromatic heterocycles. The van der Waals surface area contributed by atoms with Crippen molar-refractivity contribution in [1.82, 2.24) is 4.90 Å². The maximum absolute atomic E-state index is 12.7. The summed E-state index contributed by atoms with van der Waals surface area (Å²) in [4.78, 5) is 14.5. The fraction of sp³-hybridized carbons (Fsp3) is 0.300. The number of nitrogens with zero attached hydrogens (tertiary/aromatic N) is 2. The third kappa shape index (κ3) is 3.98. The van der Waals surface area contributed by atoms with Crippen molar-refractivity contribution in [3.8, 4) is 11.8 Å². The van der Waals surface area contributed by atoms with Crippen LogP contribution in [0.15, 0.2) is 48.5 Å². The summed E-state index contributed by atoms with van der Waals surface area (Å²) in [5, 5.41) is 9.05. The lowest BCUT2D eigenvalue weighted by molar-refractivity contribution is -0.138. The first-order valence-electron chi connectivity index (χ1n) is 8.22. The standard InChI is InChI=1S/C20H20N2O3/c1-24-18-8-3-2-6-17(18)12-20(23)22-9-10-25-19(14-22)16-7-4-5-15(11-16)13-21/h2-8,11,19H,9-10,12,14H2,1H3. The number of carbonyl (C=O) groups is 1. The van der Waals surface area contributed by atoms with Crippen LogP contribution in [0.2, 0.25) is 0 Å². The molecule has 1 heterocycles. The van der Waals surface area contributed by atoms with Gasteiger partial charge >= 0.3 is 0 Å². The predicted octanol–water partition coefficient (Wildman–Crippen LogP) is 2.71. The second kappa shape index (κ2) is 7.82. The number of carbonyl (C=O) groups excluding carboxylic acids is 1. The van der Waals surface area contributed by atoms with Gasteiger partial charge in [0.2, 0.25) is 5.91 Å². The van der Waals surface area contributed by atoms with Crippen molar-refractivity contribution in [2.24, 2.45) is 0 Å². The number of rotatable bonds is 4. The fourth-order valence-corrected chi connectivity index (χ4v) is 3.01. The molecule has 2 aromatic carbocycles. The molecule has 0 bridgehead atoms. The molecule has 1 unspecified atom stereocenters. The normalized spacial score (nSPS) is 17.0. The molecule has 3 rings (SSSR count). The van der Waals surface area contributed by atoms with E-state index in [4.69, 9.17) is 14.7 Å². The van der Waals surface area contributed by atoms with Crippen molar-refractivity contribution in [1.29, 1.82) is 5.26 Å². The zero-order chi connectivity index (χ0) is 17.6. The number of nitriles is 1. The van der Waals surface area contributed by atoms with E-state index >= 15 is 0 Å². The largest absolute Gasteiger partial charge is 0.496 e. The highest BCUT2D eigenvalue weighted by Gasteiger charge is 2.26. The van der Waals surface area contributed by atoms with E-state index in [0.717, 1.165) is 16.9 Å². The molecular formula is C20H20N2O3. The van der Waals surface area contributed by atoms with Crippen LogP contribution in [-0.2, 0) is 16.0 Å². The van der Waals surface area contributed by atoms with Gasteiger partial charge in [-0.1, -0.05) is 30.3 Å². The second-order valence-corrected chi connectivity index (χ2v) is 5.93. The van der Waals surface area contributed by atoms with Crippen LogP contribution in [0.4, 0.5) is 0 Å². The van der Waals surface area contributed by atoms with Crippen LogP contribution in [0.3, 0.4) is 0 Å². The summed E-state index contributed by atoms with van der Waals surface area (Å²) in [7, 11) is 1.61. The molecule has 5 nitrogen and oxygen atoms in total. The summed E-state index contributed by atoms with van der Waals surface area (Å²) >= 11 is 0. The minimum atomic E-state index is -0.205. The van der Waals surface area contributed by atoms with Crippen LogP contribution in [0.1, 0.15) is 22.8 Å². The molecule has 1 saturated heterocycles. The lowest BCUT2D eigenvalue weighted by atomic mass is 10.0. The SMILES string of the molecule is COc1ccccc1CC(=O)N1CCOC(c2cccc(C#N)c2)C1. The number of amides is 1. The second-order valence-electron chi connectivity index (χ2n) is 5.93. The average Bonchev–Trinajstić information content (AvgIpc) is 2.68. The molecule has 1 atom stereocenters. The van der Waals surface area contributed by atoms with Gasteiger partial charge < -0.3 is 14.4 Å². The molecule has 2 aromatic rings. The number of ether oxygens (including phenoxy) is 2. The number of methoxy groups -OCH3 is 1. The van der Waals surface area contributed by atoms with Gasteiger partial charge in [-0.2, -0.15) is 5.26 Å². The summed E-state index contributed by atoms with van der Waals surface area (Å²) in [6.07, 6.45) is 0.0956. The molecule has 0 spiro atoms. The van der Waals surface area contributed by atoms with Crippen molar-refractivity contribution in [3.63, 3.8) is 0 Å². The van der Waals surface area contributed by atoms with E-state index < -0.39 is 0 Å². The number of para-hydroxylation sites is 1. The Morgan fingerprint density at radius 3 is 2.96 bits per heavy atom. The summed E-state index contributed by atoms with van der Waals surface area (Å²) in [6, 6.07) is 17.0. The van der Waals surface area contributed by atoms with E-state index in [1.165, 1.54) is 0 Å². The van der Waals surface area contributed by atoms with Gasteiger partial charge in [0.25, 0.3) is 0 Å². The van der Waals surface area contributed by atoms with Gasteiger partial charge in [0, 0.05) is 12.1 Å². The summed E-state index contributed by atoms with van der Waals surface area (Å²) in [5.74, 6) is 0.775. The Hall–Kier alpha value is -2.84. The van der Waals surface area contributed by atoms with Crippen LogP contribution in [0, 0.1) is 11.3 Å². The molecule has 25 heavy (non-hydrogen) atoms. The molecule has 0 N–H and O–H groups in total. The Morgan fingerprint density at radius 2 is 2.16 bits per heavy atom. The van der Waals surface area contributed by atoms with Crippen LogP contribution >= 0.6 is 0 Å². The van der Waals surface area contributed by atoms with E-state index in [0.29, 0.717) is 31.7 Å². The smallest absolute Gasteiger partial charge is 0.227 e. The van der Waals surface area contributed by atoms with Crippen molar-refractivity contribution < 1.29 is 14.3 Å². The molecule has 1 aliphatic rings. The van der Waals surface area contributed by atoms with Crippen LogP contribution in [0.25, 0.3) is 0 Å². The molecule has 0 aliphatic carbocycles. The van der Waals surface area contributed by atoms with Crippen LogP contribution in [-0.4, -0.2) is 37.6 Å². The molecule has 128 valence electrons. The topological polar surface area (TPSA) is 62.6 Å². The number of hydrogen-bond acceptors (Lipinski definition) is 4. The van der Waals surface area contributed by atoms with Crippen molar-refractivity contribution in [3.05, 3.63) is 65.2 Å². The highest BCUT2D eigenvalue weighted by molar-refractivity contribution is 5.79. The Morgan fingerprint density at radius 1 is 1.32 bits per heavy atom. The van der Waals surface area contributed by atoms with Gasteiger partial charge in [-0.25, -0.2) is 0 Å². The van der Waals surface area contributed by atoms with Gasteiger partial charge in [0.1, 0.15) is 11.9 Å². The van der Waals surface area contributed by atoms with Gasteiger partial charge in [-0.15, -0.1) is 0 Å². The third-order valence-electron chi connectivity index (χ3n) is 4.34. The third-order valence-corrected chi connectivity index (χ3v) is 4.34. The van der Waals surface area contributed by atoms with Crippen LogP contribution < -0.4 is 4.74 Å². The Balaban J connectivity index is 1.70. The number of morpholine rings is 1. The summed E-state index contributed by atoms with van der Waals surface area (Å²) in [5.41, 5.74) is 2.40. The fourth-order valence-electron chi connectivity index (χ4n) is 3.01. The quantitative estimate of drug-likeness (QED) is 0.861. The molecule has 0 radical (unpaired) electrons. The molecular weight excluding hydrogens is 316 g/mol. The van der Waals surface area contributed by atoms with E-state index in [2.05, 4.69) is 6.07 Å². The van der Waals surface area contributed by atoms with Gasteiger partial charge in [-0.3, -0.25) is 4.79 Å². The van der Waals surface area contributed by atoms with Crippen molar-refractivity contribution in [2.45, 2.75) is 12.5 Å². The zero-order valence-corrected chi connectivity index (χ0v) is 14.1. The molecule has 0 saturated carbocycles. The van der Waals surface area contributed by atoms with E-state index in [-0.39, 0.29) is 12.0 Å². The molecule has 1 aliphatic heterocycles. The van der Waals surface area contributed by atoms with Gasteiger partial charge in [0.15, 0.2) is 0 Å². The Labute approximate surface area is 147 Å².